The maximum Gasteiger partial charge on any atom is 0.247 e. The Hall–Kier alpha value is -4.17. The average molecular weight is 441 g/mol. The van der Waals surface area contributed by atoms with Crippen LogP contribution in [-0.4, -0.2) is 46.6 Å². The minimum Gasteiger partial charge on any atom is -0.378 e. The number of aromatic nitrogens is 3. The summed E-state index contributed by atoms with van der Waals surface area (Å²) in [4.78, 5) is 23.1. The number of hydrogen-bond donors (Lipinski definition) is 2. The van der Waals surface area contributed by atoms with Gasteiger partial charge in [-0.1, -0.05) is 18.7 Å². The summed E-state index contributed by atoms with van der Waals surface area (Å²) in [5, 5.41) is 6.09. The molecule has 1 amide bonds. The van der Waals surface area contributed by atoms with Gasteiger partial charge in [0, 0.05) is 41.9 Å². The van der Waals surface area contributed by atoms with Crippen molar-refractivity contribution in [2.75, 3.05) is 41.8 Å². The molecule has 1 aliphatic rings. The van der Waals surface area contributed by atoms with Gasteiger partial charge in [-0.3, -0.25) is 9.20 Å². The Morgan fingerprint density at radius 2 is 1.88 bits per heavy atom. The molecule has 3 heterocycles. The number of carbonyl (C=O) groups excluding carboxylic acids is 1. The van der Waals surface area contributed by atoms with E-state index >= 15 is 0 Å². The molecule has 1 saturated heterocycles. The van der Waals surface area contributed by atoms with E-state index in [2.05, 4.69) is 39.2 Å². The summed E-state index contributed by atoms with van der Waals surface area (Å²) in [6.07, 6.45) is 4.90. The summed E-state index contributed by atoms with van der Waals surface area (Å²) >= 11 is 0. The maximum atomic E-state index is 11.7. The Balaban J connectivity index is 1.38. The molecule has 166 valence electrons. The van der Waals surface area contributed by atoms with E-state index in [0.29, 0.717) is 11.6 Å². The molecule has 2 aromatic carbocycles. The van der Waals surface area contributed by atoms with Gasteiger partial charge in [-0.25, -0.2) is 4.98 Å². The molecule has 1 fully saturated rings. The maximum absolute atomic E-state index is 11.7. The van der Waals surface area contributed by atoms with Crippen molar-refractivity contribution in [1.29, 1.82) is 0 Å². The summed E-state index contributed by atoms with van der Waals surface area (Å²) in [5.41, 5.74) is 5.45. The molecule has 4 aromatic rings. The zero-order chi connectivity index (χ0) is 22.6. The zero-order valence-electron chi connectivity index (χ0n) is 18.1. The molecule has 0 spiro atoms. The lowest BCUT2D eigenvalue weighted by molar-refractivity contribution is -0.111. The fraction of sp³-hybridized carbons (Fsp3) is 0.160. The fourth-order valence-corrected chi connectivity index (χ4v) is 3.85. The molecule has 0 bridgehead atoms. The van der Waals surface area contributed by atoms with Crippen molar-refractivity contribution in [3.63, 3.8) is 0 Å². The minimum atomic E-state index is -0.248. The molecule has 1 aliphatic heterocycles. The second-order valence-electron chi connectivity index (χ2n) is 7.69. The molecule has 2 N–H and O–H groups in total. The number of nitrogens with zero attached hydrogens (tertiary/aromatic N) is 4. The second-order valence-corrected chi connectivity index (χ2v) is 7.69. The van der Waals surface area contributed by atoms with E-state index in [1.807, 2.05) is 53.1 Å². The first-order valence-electron chi connectivity index (χ1n) is 10.8. The van der Waals surface area contributed by atoms with Gasteiger partial charge in [0.2, 0.25) is 11.9 Å². The normalized spacial score (nSPS) is 13.6. The SMILES string of the molecule is C=CC(=O)Nc1cccc(-c2ccn3cnc(Nc4ccc(N5CCOCC5)cc4)nc23)c1. The molecule has 8 nitrogen and oxygen atoms in total. The van der Waals surface area contributed by atoms with Gasteiger partial charge in [0.15, 0.2) is 0 Å². The summed E-state index contributed by atoms with van der Waals surface area (Å²) in [7, 11) is 0. The van der Waals surface area contributed by atoms with Crippen LogP contribution in [0.4, 0.5) is 23.0 Å². The summed E-state index contributed by atoms with van der Waals surface area (Å²) in [6.45, 7) is 6.83. The number of amides is 1. The van der Waals surface area contributed by atoms with Crippen LogP contribution in [0.15, 0.2) is 79.8 Å². The van der Waals surface area contributed by atoms with Crippen LogP contribution in [0.1, 0.15) is 0 Å². The molecule has 0 unspecified atom stereocenters. The third kappa shape index (κ3) is 4.56. The number of morpholine rings is 1. The Kier molecular flexibility index (Phi) is 5.73. The van der Waals surface area contributed by atoms with Gasteiger partial charge in [0.25, 0.3) is 0 Å². The van der Waals surface area contributed by atoms with Gasteiger partial charge in [-0.2, -0.15) is 4.98 Å². The topological polar surface area (TPSA) is 83.8 Å². The Morgan fingerprint density at radius 3 is 2.67 bits per heavy atom. The van der Waals surface area contributed by atoms with Crippen LogP contribution in [0.25, 0.3) is 16.8 Å². The van der Waals surface area contributed by atoms with Crippen LogP contribution in [0.3, 0.4) is 0 Å². The Labute approximate surface area is 191 Å². The molecular weight excluding hydrogens is 416 g/mol. The lowest BCUT2D eigenvalue weighted by atomic mass is 10.1. The predicted octanol–water partition coefficient (Wildman–Crippen LogP) is 4.10. The smallest absolute Gasteiger partial charge is 0.247 e. The standard InChI is InChI=1S/C25H24N6O2/c1-2-23(32)27-20-5-3-4-18(16-20)22-10-11-31-17-26-25(29-24(22)31)28-19-6-8-21(9-7-19)30-12-14-33-15-13-30/h2-11,16-17H,1,12-15H2,(H,27,32)(H,28,29). The van der Waals surface area contributed by atoms with E-state index in [1.54, 1.807) is 6.33 Å². The van der Waals surface area contributed by atoms with Crippen molar-refractivity contribution >= 4 is 34.6 Å². The number of rotatable bonds is 6. The van der Waals surface area contributed by atoms with Gasteiger partial charge >= 0.3 is 0 Å². The van der Waals surface area contributed by atoms with Crippen molar-refractivity contribution in [3.8, 4) is 11.1 Å². The predicted molar refractivity (Wildman–Crippen MR) is 130 cm³/mol. The summed E-state index contributed by atoms with van der Waals surface area (Å²) in [6, 6.07) is 17.9. The Morgan fingerprint density at radius 1 is 1.06 bits per heavy atom. The highest BCUT2D eigenvalue weighted by Crippen LogP contribution is 2.28. The molecule has 2 aromatic heterocycles. The van der Waals surface area contributed by atoms with Crippen LogP contribution >= 0.6 is 0 Å². The van der Waals surface area contributed by atoms with E-state index in [4.69, 9.17) is 9.72 Å². The van der Waals surface area contributed by atoms with Crippen molar-refractivity contribution in [2.24, 2.45) is 0 Å². The highest BCUT2D eigenvalue weighted by molar-refractivity contribution is 5.99. The van der Waals surface area contributed by atoms with Gasteiger partial charge < -0.3 is 20.3 Å². The third-order valence-corrected chi connectivity index (χ3v) is 5.53. The number of anilines is 4. The summed E-state index contributed by atoms with van der Waals surface area (Å²) in [5.74, 6) is 0.264. The first kappa shape index (κ1) is 20.7. The molecule has 0 saturated carbocycles. The van der Waals surface area contributed by atoms with Crippen LogP contribution in [0.2, 0.25) is 0 Å². The minimum absolute atomic E-state index is 0.248. The van der Waals surface area contributed by atoms with E-state index in [-0.39, 0.29) is 5.91 Å². The lowest BCUT2D eigenvalue weighted by Gasteiger charge is -2.28. The highest BCUT2D eigenvalue weighted by Gasteiger charge is 2.12. The zero-order valence-corrected chi connectivity index (χ0v) is 18.1. The van der Waals surface area contributed by atoms with Crippen molar-refractivity contribution < 1.29 is 9.53 Å². The quantitative estimate of drug-likeness (QED) is 0.439. The number of nitrogens with one attached hydrogen (secondary N) is 2. The highest BCUT2D eigenvalue weighted by atomic mass is 16.5. The van der Waals surface area contributed by atoms with Gasteiger partial charge in [0.05, 0.1) is 13.2 Å². The van der Waals surface area contributed by atoms with E-state index in [1.165, 1.54) is 11.8 Å². The molecule has 5 rings (SSSR count). The molecule has 33 heavy (non-hydrogen) atoms. The number of fused-ring (bicyclic) bond motifs is 1. The van der Waals surface area contributed by atoms with Crippen LogP contribution < -0.4 is 15.5 Å². The van der Waals surface area contributed by atoms with Gasteiger partial charge in [0.1, 0.15) is 12.0 Å². The fourth-order valence-electron chi connectivity index (χ4n) is 3.85. The largest absolute Gasteiger partial charge is 0.378 e. The lowest BCUT2D eigenvalue weighted by Crippen LogP contribution is -2.36. The molecule has 0 aliphatic carbocycles. The molecule has 0 atom stereocenters. The van der Waals surface area contributed by atoms with Gasteiger partial charge in [-0.15, -0.1) is 0 Å². The molecular formula is C25H24N6O2. The Bertz CT molecular complexity index is 1290. The molecule has 8 heteroatoms. The van der Waals surface area contributed by atoms with Crippen LogP contribution in [-0.2, 0) is 9.53 Å². The van der Waals surface area contributed by atoms with Crippen molar-refractivity contribution in [3.05, 3.63) is 79.8 Å². The monoisotopic (exact) mass is 440 g/mol. The first-order valence-corrected chi connectivity index (χ1v) is 10.8. The van der Waals surface area contributed by atoms with Crippen molar-refractivity contribution in [1.82, 2.24) is 14.4 Å². The van der Waals surface area contributed by atoms with Crippen LogP contribution in [0.5, 0.6) is 0 Å². The van der Waals surface area contributed by atoms with Crippen LogP contribution in [0, 0.1) is 0 Å². The first-order chi connectivity index (χ1) is 16.2. The third-order valence-electron chi connectivity index (χ3n) is 5.53. The van der Waals surface area contributed by atoms with E-state index in [9.17, 15) is 4.79 Å². The molecule has 0 radical (unpaired) electrons. The number of benzene rings is 2. The number of carbonyl (C=O) groups is 1. The number of hydrogen-bond acceptors (Lipinski definition) is 6. The van der Waals surface area contributed by atoms with E-state index in [0.717, 1.165) is 48.8 Å². The number of ether oxygens (including phenoxy) is 1. The summed E-state index contributed by atoms with van der Waals surface area (Å²) < 4.78 is 7.30. The van der Waals surface area contributed by atoms with Crippen molar-refractivity contribution in [2.45, 2.75) is 0 Å². The van der Waals surface area contributed by atoms with Gasteiger partial charge in [-0.05, 0) is 54.1 Å². The van der Waals surface area contributed by atoms with E-state index < -0.39 is 0 Å². The second kappa shape index (κ2) is 9.13. The average Bonchev–Trinajstić information content (AvgIpc) is 3.28.